The summed E-state index contributed by atoms with van der Waals surface area (Å²) in [6.07, 6.45) is 0. The Morgan fingerprint density at radius 2 is 2.04 bits per heavy atom. The molecule has 2 aromatic rings. The molecule has 0 spiro atoms. The normalized spacial score (nSPS) is 17.2. The van der Waals surface area contributed by atoms with Gasteiger partial charge in [-0.2, -0.15) is 0 Å². The fourth-order valence-electron chi connectivity index (χ4n) is 3.11. The standard InChI is InChI=1S/C18H22N4O2/c1-12-9-15(17(23)24-4)20-18(19-12)22-11-14-7-5-6-8-16(14)21(3)10-13(22)2/h5-9,13H,10-11H2,1-4H3/t13-/m0/s1. The number of hydrogen-bond acceptors (Lipinski definition) is 6. The molecule has 1 atom stereocenters. The number of benzene rings is 1. The molecule has 0 radical (unpaired) electrons. The molecule has 1 aromatic carbocycles. The number of anilines is 2. The van der Waals surface area contributed by atoms with Crippen molar-refractivity contribution in [3.63, 3.8) is 0 Å². The quantitative estimate of drug-likeness (QED) is 0.790. The van der Waals surface area contributed by atoms with Gasteiger partial charge in [0.05, 0.1) is 7.11 Å². The average molecular weight is 326 g/mol. The Balaban J connectivity index is 2.02. The minimum Gasteiger partial charge on any atom is -0.464 e. The van der Waals surface area contributed by atoms with Gasteiger partial charge in [0.1, 0.15) is 0 Å². The molecule has 0 fully saturated rings. The minimum atomic E-state index is -0.443. The van der Waals surface area contributed by atoms with Gasteiger partial charge in [-0.05, 0) is 31.5 Å². The van der Waals surface area contributed by atoms with Crippen molar-refractivity contribution in [1.82, 2.24) is 9.97 Å². The first-order chi connectivity index (χ1) is 11.5. The van der Waals surface area contributed by atoms with Crippen LogP contribution in [0.15, 0.2) is 30.3 Å². The van der Waals surface area contributed by atoms with E-state index in [9.17, 15) is 4.79 Å². The van der Waals surface area contributed by atoms with Crippen LogP contribution in [0.2, 0.25) is 0 Å². The second-order valence-electron chi connectivity index (χ2n) is 6.17. The van der Waals surface area contributed by atoms with Crippen molar-refractivity contribution < 1.29 is 9.53 Å². The number of carbonyl (C=O) groups is 1. The predicted molar refractivity (Wildman–Crippen MR) is 93.5 cm³/mol. The van der Waals surface area contributed by atoms with Crippen LogP contribution in [-0.4, -0.2) is 42.7 Å². The molecule has 0 N–H and O–H groups in total. The number of rotatable bonds is 2. The zero-order valence-electron chi connectivity index (χ0n) is 14.5. The summed E-state index contributed by atoms with van der Waals surface area (Å²) in [5.74, 6) is 0.120. The first-order valence-electron chi connectivity index (χ1n) is 7.99. The van der Waals surface area contributed by atoms with Crippen molar-refractivity contribution >= 4 is 17.6 Å². The Bertz CT molecular complexity index is 762. The van der Waals surface area contributed by atoms with Crippen LogP contribution in [0.25, 0.3) is 0 Å². The number of aromatic nitrogens is 2. The summed E-state index contributed by atoms with van der Waals surface area (Å²) in [5, 5.41) is 0. The highest BCUT2D eigenvalue weighted by atomic mass is 16.5. The third-order valence-electron chi connectivity index (χ3n) is 4.31. The molecule has 24 heavy (non-hydrogen) atoms. The number of carbonyl (C=O) groups excluding carboxylic acids is 1. The SMILES string of the molecule is COC(=O)c1cc(C)nc(N2Cc3ccccc3N(C)C[C@@H]2C)n1. The van der Waals surface area contributed by atoms with E-state index in [0.29, 0.717) is 12.5 Å². The molecule has 3 rings (SSSR count). The molecule has 0 saturated heterocycles. The molecule has 2 heterocycles. The van der Waals surface area contributed by atoms with Crippen LogP contribution in [0, 0.1) is 6.92 Å². The maximum atomic E-state index is 11.9. The van der Waals surface area contributed by atoms with E-state index in [0.717, 1.165) is 12.2 Å². The number of hydrogen-bond donors (Lipinski definition) is 0. The number of likely N-dealkylation sites (N-methyl/N-ethyl adjacent to an activating group) is 1. The molecule has 0 amide bonds. The van der Waals surface area contributed by atoms with E-state index >= 15 is 0 Å². The van der Waals surface area contributed by atoms with Gasteiger partial charge >= 0.3 is 5.97 Å². The Morgan fingerprint density at radius 3 is 2.79 bits per heavy atom. The second-order valence-corrected chi connectivity index (χ2v) is 6.17. The fourth-order valence-corrected chi connectivity index (χ4v) is 3.11. The molecule has 0 saturated carbocycles. The lowest BCUT2D eigenvalue weighted by molar-refractivity contribution is 0.0593. The molecule has 1 aromatic heterocycles. The summed E-state index contributed by atoms with van der Waals surface area (Å²) in [6, 6.07) is 10.2. The van der Waals surface area contributed by atoms with Gasteiger partial charge in [0.25, 0.3) is 0 Å². The molecule has 6 nitrogen and oxygen atoms in total. The van der Waals surface area contributed by atoms with Gasteiger partial charge in [-0.15, -0.1) is 0 Å². The van der Waals surface area contributed by atoms with E-state index in [1.54, 1.807) is 6.07 Å². The van der Waals surface area contributed by atoms with E-state index in [4.69, 9.17) is 4.74 Å². The van der Waals surface area contributed by atoms with E-state index in [1.165, 1.54) is 18.4 Å². The summed E-state index contributed by atoms with van der Waals surface area (Å²) in [7, 11) is 3.45. The van der Waals surface area contributed by atoms with E-state index in [2.05, 4.69) is 45.9 Å². The van der Waals surface area contributed by atoms with Gasteiger partial charge in [-0.25, -0.2) is 14.8 Å². The molecular formula is C18H22N4O2. The molecule has 6 heteroatoms. The van der Waals surface area contributed by atoms with Crippen molar-refractivity contribution in [1.29, 1.82) is 0 Å². The number of aryl methyl sites for hydroxylation is 1. The number of fused-ring (bicyclic) bond motifs is 1. The molecule has 126 valence electrons. The van der Waals surface area contributed by atoms with Gasteiger partial charge in [0.15, 0.2) is 5.69 Å². The minimum absolute atomic E-state index is 0.203. The highest BCUT2D eigenvalue weighted by Crippen LogP contribution is 2.28. The lowest BCUT2D eigenvalue weighted by Gasteiger charge is -2.28. The molecule has 0 unspecified atom stereocenters. The fraction of sp³-hybridized carbons (Fsp3) is 0.389. The highest BCUT2D eigenvalue weighted by molar-refractivity contribution is 5.87. The van der Waals surface area contributed by atoms with Crippen molar-refractivity contribution in [2.24, 2.45) is 0 Å². The Labute approximate surface area is 142 Å². The lowest BCUT2D eigenvalue weighted by atomic mass is 10.1. The third-order valence-corrected chi connectivity index (χ3v) is 4.31. The van der Waals surface area contributed by atoms with Gasteiger partial charge in [-0.1, -0.05) is 18.2 Å². The van der Waals surface area contributed by atoms with Gasteiger partial charge in [0, 0.05) is 37.6 Å². The number of para-hydroxylation sites is 1. The van der Waals surface area contributed by atoms with Crippen LogP contribution >= 0.6 is 0 Å². The summed E-state index contributed by atoms with van der Waals surface area (Å²) in [4.78, 5) is 25.2. The Hall–Kier alpha value is -2.63. The number of esters is 1. The van der Waals surface area contributed by atoms with Crippen molar-refractivity contribution in [3.8, 4) is 0 Å². The molecular weight excluding hydrogens is 304 g/mol. The lowest BCUT2D eigenvalue weighted by Crippen LogP contribution is -2.39. The maximum Gasteiger partial charge on any atom is 0.356 e. The largest absolute Gasteiger partial charge is 0.464 e. The van der Waals surface area contributed by atoms with Crippen LogP contribution in [0.5, 0.6) is 0 Å². The second kappa shape index (κ2) is 6.47. The Kier molecular flexibility index (Phi) is 4.38. The summed E-state index contributed by atoms with van der Waals surface area (Å²) in [6.45, 7) is 5.56. The smallest absolute Gasteiger partial charge is 0.356 e. The first-order valence-corrected chi connectivity index (χ1v) is 7.99. The van der Waals surface area contributed by atoms with Gasteiger partial charge < -0.3 is 14.5 Å². The van der Waals surface area contributed by atoms with Crippen LogP contribution in [-0.2, 0) is 11.3 Å². The zero-order chi connectivity index (χ0) is 17.3. The number of methoxy groups -OCH3 is 1. The average Bonchev–Trinajstić information content (AvgIpc) is 2.70. The van der Waals surface area contributed by atoms with E-state index < -0.39 is 5.97 Å². The van der Waals surface area contributed by atoms with Crippen LogP contribution in [0.3, 0.4) is 0 Å². The van der Waals surface area contributed by atoms with Crippen LogP contribution in [0.1, 0.15) is 28.7 Å². The monoisotopic (exact) mass is 326 g/mol. The van der Waals surface area contributed by atoms with Gasteiger partial charge in [-0.3, -0.25) is 0 Å². The van der Waals surface area contributed by atoms with E-state index in [1.807, 2.05) is 19.1 Å². The molecule has 0 aliphatic carbocycles. The van der Waals surface area contributed by atoms with E-state index in [-0.39, 0.29) is 11.7 Å². The van der Waals surface area contributed by atoms with Crippen LogP contribution in [0.4, 0.5) is 11.6 Å². The summed E-state index contributed by atoms with van der Waals surface area (Å²) >= 11 is 0. The highest BCUT2D eigenvalue weighted by Gasteiger charge is 2.26. The number of nitrogens with zero attached hydrogens (tertiary/aromatic N) is 4. The van der Waals surface area contributed by atoms with Crippen LogP contribution < -0.4 is 9.80 Å². The maximum absolute atomic E-state index is 11.9. The summed E-state index contributed by atoms with van der Waals surface area (Å²) < 4.78 is 4.80. The topological polar surface area (TPSA) is 58.6 Å². The summed E-state index contributed by atoms with van der Waals surface area (Å²) in [5.41, 5.74) is 3.47. The van der Waals surface area contributed by atoms with Crippen molar-refractivity contribution in [2.75, 3.05) is 30.5 Å². The molecule has 1 aliphatic rings. The Morgan fingerprint density at radius 1 is 1.29 bits per heavy atom. The first kappa shape index (κ1) is 16.2. The molecule has 0 bridgehead atoms. The number of ether oxygens (including phenoxy) is 1. The molecule has 1 aliphatic heterocycles. The van der Waals surface area contributed by atoms with Crippen molar-refractivity contribution in [3.05, 3.63) is 47.3 Å². The van der Waals surface area contributed by atoms with Crippen molar-refractivity contribution in [2.45, 2.75) is 26.4 Å². The third kappa shape index (κ3) is 3.04. The predicted octanol–water partition coefficient (Wildman–Crippen LogP) is 2.42. The van der Waals surface area contributed by atoms with Gasteiger partial charge in [0.2, 0.25) is 5.95 Å². The zero-order valence-corrected chi connectivity index (χ0v) is 14.5.